The third kappa shape index (κ3) is 7.96. The Hall–Kier alpha value is -0.630. The molecule has 0 aliphatic rings. The van der Waals surface area contributed by atoms with Gasteiger partial charge in [-0.05, 0) is 55.4 Å². The summed E-state index contributed by atoms with van der Waals surface area (Å²) >= 11 is 2.16. The van der Waals surface area contributed by atoms with Crippen LogP contribution in [0.5, 0.6) is 0 Å². The molecular formula is C18H33IN4O. The molecule has 0 aromatic carbocycles. The van der Waals surface area contributed by atoms with Crippen LogP contribution in [0.2, 0.25) is 0 Å². The zero-order chi connectivity index (χ0) is 17.9. The number of amides is 1. The van der Waals surface area contributed by atoms with E-state index in [1.807, 2.05) is 13.2 Å². The summed E-state index contributed by atoms with van der Waals surface area (Å²) in [5, 5.41) is 7.35. The predicted molar refractivity (Wildman–Crippen MR) is 108 cm³/mol. The molecule has 1 aromatic heterocycles. The number of aromatic nitrogens is 2. The summed E-state index contributed by atoms with van der Waals surface area (Å²) in [6.07, 6.45) is 9.37. The van der Waals surface area contributed by atoms with Crippen LogP contribution in [-0.2, 0) is 7.05 Å². The zero-order valence-electron chi connectivity index (χ0n) is 15.6. The number of carbonyl (C=O) groups is 1. The molecule has 1 atom stereocenters. The van der Waals surface area contributed by atoms with Crippen LogP contribution < -0.4 is 5.32 Å². The lowest BCUT2D eigenvalue weighted by molar-refractivity contribution is 0.0921. The number of hydrogen-bond donors (Lipinski definition) is 1. The molecule has 0 fully saturated rings. The Bertz CT molecular complexity index is 479. The third-order valence-electron chi connectivity index (χ3n) is 4.06. The second-order valence-electron chi connectivity index (χ2n) is 6.59. The Balaban J connectivity index is 2.50. The Morgan fingerprint density at radius 2 is 1.83 bits per heavy atom. The molecule has 0 spiro atoms. The van der Waals surface area contributed by atoms with Gasteiger partial charge in [0.15, 0.2) is 5.69 Å². The van der Waals surface area contributed by atoms with Crippen LogP contribution in [0.3, 0.4) is 0 Å². The minimum absolute atomic E-state index is 0.0745. The molecule has 1 aromatic rings. The van der Waals surface area contributed by atoms with Crippen LogP contribution in [0.4, 0.5) is 0 Å². The molecule has 0 aliphatic heterocycles. The Morgan fingerprint density at radius 3 is 2.29 bits per heavy atom. The van der Waals surface area contributed by atoms with Gasteiger partial charge in [-0.3, -0.25) is 9.48 Å². The molecule has 1 amide bonds. The lowest BCUT2D eigenvalue weighted by atomic mass is 10.2. The van der Waals surface area contributed by atoms with E-state index in [4.69, 9.17) is 0 Å². The second kappa shape index (κ2) is 11.8. The lowest BCUT2D eigenvalue weighted by Crippen LogP contribution is -2.43. The van der Waals surface area contributed by atoms with Gasteiger partial charge in [-0.2, -0.15) is 5.10 Å². The largest absolute Gasteiger partial charge is 0.347 e. The van der Waals surface area contributed by atoms with Crippen molar-refractivity contribution < 1.29 is 4.79 Å². The molecule has 138 valence electrons. The van der Waals surface area contributed by atoms with Crippen LogP contribution >= 0.6 is 22.6 Å². The summed E-state index contributed by atoms with van der Waals surface area (Å²) in [6, 6.07) is 0.124. The number of nitrogens with one attached hydrogen (secondary N) is 1. The summed E-state index contributed by atoms with van der Waals surface area (Å²) in [4.78, 5) is 14.9. The van der Waals surface area contributed by atoms with Crippen LogP contribution in [-0.4, -0.2) is 46.3 Å². The number of halogens is 1. The minimum atomic E-state index is -0.0745. The average Bonchev–Trinajstić information content (AvgIpc) is 2.86. The van der Waals surface area contributed by atoms with Crippen LogP contribution in [0.15, 0.2) is 6.20 Å². The van der Waals surface area contributed by atoms with Crippen molar-refractivity contribution in [1.29, 1.82) is 0 Å². The highest BCUT2D eigenvalue weighted by atomic mass is 127. The quantitative estimate of drug-likeness (QED) is 0.391. The minimum Gasteiger partial charge on any atom is -0.347 e. The lowest BCUT2D eigenvalue weighted by Gasteiger charge is -2.26. The third-order valence-corrected chi connectivity index (χ3v) is 4.85. The van der Waals surface area contributed by atoms with Gasteiger partial charge >= 0.3 is 0 Å². The first-order valence-electron chi connectivity index (χ1n) is 9.20. The summed E-state index contributed by atoms with van der Waals surface area (Å²) in [5.41, 5.74) is 0.522. The second-order valence-corrected chi connectivity index (χ2v) is 7.75. The first kappa shape index (κ1) is 21.4. The SMILES string of the molecule is CCCCCN(CCCCC)CC(C)NC(=O)c1nn(C)cc1I. The van der Waals surface area contributed by atoms with Crippen LogP contribution in [0.25, 0.3) is 0 Å². The molecule has 1 unspecified atom stereocenters. The Morgan fingerprint density at radius 1 is 1.25 bits per heavy atom. The summed E-state index contributed by atoms with van der Waals surface area (Å²) < 4.78 is 2.57. The van der Waals surface area contributed by atoms with Gasteiger partial charge in [0.25, 0.3) is 5.91 Å². The van der Waals surface area contributed by atoms with Crippen molar-refractivity contribution >= 4 is 28.5 Å². The molecule has 1 rings (SSSR count). The van der Waals surface area contributed by atoms with Gasteiger partial charge in [0.05, 0.1) is 3.57 Å². The molecule has 1 heterocycles. The van der Waals surface area contributed by atoms with Gasteiger partial charge < -0.3 is 10.2 Å². The summed E-state index contributed by atoms with van der Waals surface area (Å²) in [7, 11) is 1.84. The fourth-order valence-corrected chi connectivity index (χ4v) is 3.56. The zero-order valence-corrected chi connectivity index (χ0v) is 17.8. The average molecular weight is 448 g/mol. The van der Waals surface area contributed by atoms with E-state index in [1.54, 1.807) is 4.68 Å². The van der Waals surface area contributed by atoms with E-state index in [1.165, 1.54) is 38.5 Å². The highest BCUT2D eigenvalue weighted by Crippen LogP contribution is 2.10. The molecule has 0 saturated carbocycles. The molecule has 0 radical (unpaired) electrons. The Kier molecular flexibility index (Phi) is 10.6. The van der Waals surface area contributed by atoms with Gasteiger partial charge in [-0.15, -0.1) is 0 Å². The van der Waals surface area contributed by atoms with Crippen LogP contribution in [0, 0.1) is 3.57 Å². The smallest absolute Gasteiger partial charge is 0.273 e. The van der Waals surface area contributed by atoms with Gasteiger partial charge in [0.1, 0.15) is 0 Å². The van der Waals surface area contributed by atoms with Crippen molar-refractivity contribution in [2.45, 2.75) is 65.3 Å². The van der Waals surface area contributed by atoms with E-state index in [0.717, 1.165) is 23.2 Å². The maximum Gasteiger partial charge on any atom is 0.273 e. The van der Waals surface area contributed by atoms with Crippen LogP contribution in [0.1, 0.15) is 69.8 Å². The number of hydrogen-bond acceptors (Lipinski definition) is 3. The molecule has 6 heteroatoms. The molecule has 0 aliphatic carbocycles. The van der Waals surface area contributed by atoms with Crippen molar-refractivity contribution in [3.8, 4) is 0 Å². The van der Waals surface area contributed by atoms with Gasteiger partial charge in [-0.25, -0.2) is 0 Å². The molecule has 0 bridgehead atoms. The first-order valence-corrected chi connectivity index (χ1v) is 10.3. The van der Waals surface area contributed by atoms with E-state index in [2.05, 4.69) is 58.7 Å². The summed E-state index contributed by atoms with van der Waals surface area (Å²) in [5.74, 6) is -0.0745. The maximum atomic E-state index is 12.4. The van der Waals surface area contributed by atoms with Crippen molar-refractivity contribution in [3.63, 3.8) is 0 Å². The standard InChI is InChI=1S/C18H33IN4O/c1-5-7-9-11-23(12-10-8-6-2)13-15(3)20-18(24)17-16(19)14-22(4)21-17/h14-15H,5-13H2,1-4H3,(H,20,24). The van der Waals surface area contributed by atoms with Crippen molar-refractivity contribution in [2.24, 2.45) is 7.05 Å². The first-order chi connectivity index (χ1) is 11.5. The fraction of sp³-hybridized carbons (Fsp3) is 0.778. The predicted octanol–water partition coefficient (Wildman–Crippen LogP) is 3.83. The van der Waals surface area contributed by atoms with Crippen molar-refractivity contribution in [2.75, 3.05) is 19.6 Å². The highest BCUT2D eigenvalue weighted by Gasteiger charge is 2.18. The number of aryl methyl sites for hydroxylation is 1. The molecule has 5 nitrogen and oxygen atoms in total. The normalized spacial score (nSPS) is 12.6. The molecule has 24 heavy (non-hydrogen) atoms. The highest BCUT2D eigenvalue weighted by molar-refractivity contribution is 14.1. The van der Waals surface area contributed by atoms with E-state index >= 15 is 0 Å². The van der Waals surface area contributed by atoms with Crippen molar-refractivity contribution in [3.05, 3.63) is 15.5 Å². The number of carbonyl (C=O) groups excluding carboxylic acids is 1. The van der Waals surface area contributed by atoms with E-state index in [0.29, 0.717) is 5.69 Å². The van der Waals surface area contributed by atoms with E-state index < -0.39 is 0 Å². The van der Waals surface area contributed by atoms with Crippen molar-refractivity contribution in [1.82, 2.24) is 20.0 Å². The number of unbranched alkanes of at least 4 members (excludes halogenated alkanes) is 4. The van der Waals surface area contributed by atoms with Gasteiger partial charge in [0, 0.05) is 25.8 Å². The molecule has 0 saturated heterocycles. The monoisotopic (exact) mass is 448 g/mol. The van der Waals surface area contributed by atoms with Gasteiger partial charge in [0.2, 0.25) is 0 Å². The fourth-order valence-electron chi connectivity index (χ4n) is 2.80. The van der Waals surface area contributed by atoms with E-state index in [-0.39, 0.29) is 11.9 Å². The molecule has 1 N–H and O–H groups in total. The maximum absolute atomic E-state index is 12.4. The van der Waals surface area contributed by atoms with E-state index in [9.17, 15) is 4.79 Å². The topological polar surface area (TPSA) is 50.2 Å². The Labute approximate surface area is 160 Å². The van der Waals surface area contributed by atoms with Gasteiger partial charge in [-0.1, -0.05) is 39.5 Å². The number of nitrogens with zero attached hydrogens (tertiary/aromatic N) is 3. The summed E-state index contributed by atoms with van der Waals surface area (Å²) in [6.45, 7) is 9.71. The number of rotatable bonds is 12. The molecular weight excluding hydrogens is 415 g/mol.